The van der Waals surface area contributed by atoms with Crippen LogP contribution in [-0.4, -0.2) is 65.8 Å². The summed E-state index contributed by atoms with van der Waals surface area (Å²) >= 11 is 0. The number of hydrogen-bond donors (Lipinski definition) is 0. The van der Waals surface area contributed by atoms with Gasteiger partial charge in [-0.15, -0.1) is 0 Å². The molecule has 0 aliphatic carbocycles. The second-order valence-electron chi connectivity index (χ2n) is 6.17. The summed E-state index contributed by atoms with van der Waals surface area (Å²) < 4.78 is 13.2. The monoisotopic (exact) mass is 345 g/mol. The second kappa shape index (κ2) is 7.52. The van der Waals surface area contributed by atoms with Crippen LogP contribution in [0.3, 0.4) is 0 Å². The molecular weight excluding hydrogens is 322 g/mol. The quantitative estimate of drug-likeness (QED) is 0.797. The third-order valence-corrected chi connectivity index (χ3v) is 4.20. The predicted octanol–water partition coefficient (Wildman–Crippen LogP) is 0.780. The van der Waals surface area contributed by atoms with Gasteiger partial charge in [-0.2, -0.15) is 0 Å². The highest BCUT2D eigenvalue weighted by atomic mass is 16.5. The van der Waals surface area contributed by atoms with Gasteiger partial charge in [-0.05, 0) is 12.1 Å². The standard InChI is InChI=1S/C17H23N5O3/c1-20(2)17(23)11-25-14-9-21-6-4-5-13(21)8-22(10-14)15-7-16(24-3)19-12-18-15/h4-7,12,14H,8-11H2,1-3H3. The van der Waals surface area contributed by atoms with Crippen LogP contribution in [0.4, 0.5) is 5.82 Å². The van der Waals surface area contributed by atoms with Gasteiger partial charge < -0.3 is 23.8 Å². The van der Waals surface area contributed by atoms with Gasteiger partial charge in [-0.1, -0.05) is 0 Å². The molecule has 2 aromatic heterocycles. The Balaban J connectivity index is 1.80. The number of fused-ring (bicyclic) bond motifs is 1. The Morgan fingerprint density at radius 3 is 2.96 bits per heavy atom. The van der Waals surface area contributed by atoms with Gasteiger partial charge in [-0.3, -0.25) is 4.79 Å². The summed E-state index contributed by atoms with van der Waals surface area (Å²) in [5.41, 5.74) is 1.17. The highest BCUT2D eigenvalue weighted by molar-refractivity contribution is 5.76. The molecule has 0 fully saturated rings. The Labute approximate surface area is 147 Å². The second-order valence-corrected chi connectivity index (χ2v) is 6.17. The number of likely N-dealkylation sites (N-methyl/N-ethyl adjacent to an activating group) is 1. The van der Waals surface area contributed by atoms with Crippen molar-refractivity contribution in [3.63, 3.8) is 0 Å². The molecule has 25 heavy (non-hydrogen) atoms. The smallest absolute Gasteiger partial charge is 0.248 e. The van der Waals surface area contributed by atoms with Crippen molar-refractivity contribution in [1.29, 1.82) is 0 Å². The topological polar surface area (TPSA) is 72.7 Å². The Hall–Kier alpha value is -2.61. The molecule has 8 nitrogen and oxygen atoms in total. The molecule has 2 aromatic rings. The Kier molecular flexibility index (Phi) is 5.18. The van der Waals surface area contributed by atoms with E-state index < -0.39 is 0 Å². The molecule has 0 saturated carbocycles. The van der Waals surface area contributed by atoms with E-state index in [4.69, 9.17) is 9.47 Å². The number of hydrogen-bond acceptors (Lipinski definition) is 6. The lowest BCUT2D eigenvalue weighted by molar-refractivity contribution is -0.135. The minimum absolute atomic E-state index is 0.0489. The van der Waals surface area contributed by atoms with Gasteiger partial charge in [-0.25, -0.2) is 9.97 Å². The first-order valence-corrected chi connectivity index (χ1v) is 8.13. The molecule has 3 rings (SSSR count). The maximum Gasteiger partial charge on any atom is 0.248 e. The van der Waals surface area contributed by atoms with Gasteiger partial charge >= 0.3 is 0 Å². The summed E-state index contributed by atoms with van der Waals surface area (Å²) in [5.74, 6) is 1.24. The van der Waals surface area contributed by atoms with E-state index in [2.05, 4.69) is 25.5 Å². The molecule has 3 heterocycles. The van der Waals surface area contributed by atoms with Crippen LogP contribution in [0, 0.1) is 0 Å². The number of methoxy groups -OCH3 is 1. The summed E-state index contributed by atoms with van der Waals surface area (Å²) in [6.45, 7) is 2.09. The van der Waals surface area contributed by atoms with Crippen molar-refractivity contribution >= 4 is 11.7 Å². The van der Waals surface area contributed by atoms with Crippen LogP contribution in [0.15, 0.2) is 30.7 Å². The lowest BCUT2D eigenvalue weighted by Gasteiger charge is -2.25. The largest absolute Gasteiger partial charge is 0.481 e. The minimum Gasteiger partial charge on any atom is -0.481 e. The number of anilines is 1. The molecule has 1 amide bonds. The van der Waals surface area contributed by atoms with E-state index in [9.17, 15) is 4.79 Å². The molecule has 134 valence electrons. The molecule has 8 heteroatoms. The Morgan fingerprint density at radius 1 is 1.36 bits per heavy atom. The number of carbonyl (C=O) groups is 1. The molecule has 1 atom stereocenters. The van der Waals surface area contributed by atoms with Crippen LogP contribution in [0.5, 0.6) is 5.88 Å². The summed E-state index contributed by atoms with van der Waals surface area (Å²) in [7, 11) is 5.03. The first kappa shape index (κ1) is 17.2. The van der Waals surface area contributed by atoms with Gasteiger partial charge in [0.05, 0.1) is 26.3 Å². The molecule has 0 saturated heterocycles. The minimum atomic E-state index is -0.126. The molecule has 0 spiro atoms. The third kappa shape index (κ3) is 4.08. The third-order valence-electron chi connectivity index (χ3n) is 4.20. The normalized spacial score (nSPS) is 16.9. The molecule has 0 N–H and O–H groups in total. The van der Waals surface area contributed by atoms with Gasteiger partial charge in [0.2, 0.25) is 11.8 Å². The Bertz CT molecular complexity index is 731. The van der Waals surface area contributed by atoms with Crippen molar-refractivity contribution < 1.29 is 14.3 Å². The highest BCUT2D eigenvalue weighted by Crippen LogP contribution is 2.22. The van der Waals surface area contributed by atoms with Crippen molar-refractivity contribution in [2.24, 2.45) is 0 Å². The first-order valence-electron chi connectivity index (χ1n) is 8.13. The van der Waals surface area contributed by atoms with E-state index in [1.807, 2.05) is 12.3 Å². The maximum atomic E-state index is 11.8. The van der Waals surface area contributed by atoms with E-state index in [0.29, 0.717) is 25.5 Å². The van der Waals surface area contributed by atoms with Crippen molar-refractivity contribution in [3.8, 4) is 5.88 Å². The fraction of sp³-hybridized carbons (Fsp3) is 0.471. The van der Waals surface area contributed by atoms with Crippen LogP contribution in [0.25, 0.3) is 0 Å². The molecule has 0 aromatic carbocycles. The summed E-state index contributed by atoms with van der Waals surface area (Å²) in [6.07, 6.45) is 3.39. The van der Waals surface area contributed by atoms with Crippen molar-refractivity contribution in [2.75, 3.05) is 39.3 Å². The molecule has 0 bridgehead atoms. The first-order chi connectivity index (χ1) is 12.1. The SMILES string of the molecule is COc1cc(N2Cc3cccn3CC(OCC(=O)N(C)C)C2)ncn1. The predicted molar refractivity (Wildman–Crippen MR) is 92.5 cm³/mol. The summed E-state index contributed by atoms with van der Waals surface area (Å²) in [6, 6.07) is 5.90. The van der Waals surface area contributed by atoms with Gasteiger partial charge in [0, 0.05) is 38.6 Å². The van der Waals surface area contributed by atoms with E-state index in [1.54, 1.807) is 27.3 Å². The summed E-state index contributed by atoms with van der Waals surface area (Å²) in [4.78, 5) is 23.9. The number of nitrogens with zero attached hydrogens (tertiary/aromatic N) is 5. The van der Waals surface area contributed by atoms with Gasteiger partial charge in [0.1, 0.15) is 18.8 Å². The molecule has 0 radical (unpaired) electrons. The lowest BCUT2D eigenvalue weighted by Crippen LogP contribution is -2.36. The van der Waals surface area contributed by atoms with E-state index in [-0.39, 0.29) is 18.6 Å². The fourth-order valence-electron chi connectivity index (χ4n) is 2.77. The fourth-order valence-corrected chi connectivity index (χ4v) is 2.77. The lowest BCUT2D eigenvalue weighted by atomic mass is 10.3. The van der Waals surface area contributed by atoms with Crippen LogP contribution in [-0.2, 0) is 22.6 Å². The van der Waals surface area contributed by atoms with Gasteiger partial charge in [0.15, 0.2) is 0 Å². The number of amides is 1. The number of rotatable bonds is 5. The molecule has 1 aliphatic rings. The Morgan fingerprint density at radius 2 is 2.20 bits per heavy atom. The van der Waals surface area contributed by atoms with Crippen molar-refractivity contribution in [3.05, 3.63) is 36.4 Å². The number of carbonyl (C=O) groups excluding carboxylic acids is 1. The van der Waals surface area contributed by atoms with Crippen LogP contribution in [0.1, 0.15) is 5.69 Å². The average molecular weight is 345 g/mol. The van der Waals surface area contributed by atoms with Gasteiger partial charge in [0.25, 0.3) is 0 Å². The zero-order chi connectivity index (χ0) is 17.8. The average Bonchev–Trinajstić information content (AvgIpc) is 2.97. The van der Waals surface area contributed by atoms with E-state index >= 15 is 0 Å². The zero-order valence-electron chi connectivity index (χ0n) is 14.8. The van der Waals surface area contributed by atoms with Crippen LogP contribution in [0.2, 0.25) is 0 Å². The molecular formula is C17H23N5O3. The molecule has 1 aliphatic heterocycles. The maximum absolute atomic E-state index is 11.8. The van der Waals surface area contributed by atoms with Crippen LogP contribution < -0.4 is 9.64 Å². The van der Waals surface area contributed by atoms with Crippen LogP contribution >= 0.6 is 0 Å². The summed E-state index contributed by atoms with van der Waals surface area (Å²) in [5, 5.41) is 0. The number of aromatic nitrogens is 3. The highest BCUT2D eigenvalue weighted by Gasteiger charge is 2.24. The van der Waals surface area contributed by atoms with E-state index in [0.717, 1.165) is 5.82 Å². The van der Waals surface area contributed by atoms with Crippen molar-refractivity contribution in [2.45, 2.75) is 19.2 Å². The number of ether oxygens (including phenoxy) is 2. The zero-order valence-corrected chi connectivity index (χ0v) is 14.8. The van der Waals surface area contributed by atoms with E-state index in [1.165, 1.54) is 16.9 Å². The molecule has 1 unspecified atom stereocenters. The van der Waals surface area contributed by atoms with Crippen molar-refractivity contribution in [1.82, 2.24) is 19.4 Å².